The lowest BCUT2D eigenvalue weighted by Crippen LogP contribution is -2.22. The van der Waals surface area contributed by atoms with E-state index in [0.717, 1.165) is 11.4 Å². The molecule has 0 spiro atoms. The number of halogens is 1. The Morgan fingerprint density at radius 2 is 1.78 bits per heavy atom. The lowest BCUT2D eigenvalue weighted by Gasteiger charge is -2.28. The van der Waals surface area contributed by atoms with Crippen LogP contribution in [0.25, 0.3) is 0 Å². The SMILES string of the molecule is C[C@H](c1ccccc1)N(C)c1ccc2c(c1)C(N)C(c1cccc(Cl)c1)C2. The molecule has 2 nitrogen and oxygen atoms in total. The second kappa shape index (κ2) is 7.38. The molecule has 3 aromatic rings. The molecule has 27 heavy (non-hydrogen) atoms. The molecule has 0 aromatic heterocycles. The highest BCUT2D eigenvalue weighted by Gasteiger charge is 2.31. The van der Waals surface area contributed by atoms with Gasteiger partial charge in [-0.25, -0.2) is 0 Å². The van der Waals surface area contributed by atoms with E-state index < -0.39 is 0 Å². The molecule has 0 aliphatic heterocycles. The Morgan fingerprint density at radius 1 is 1.00 bits per heavy atom. The molecule has 0 saturated heterocycles. The van der Waals surface area contributed by atoms with Crippen molar-refractivity contribution in [1.29, 1.82) is 0 Å². The maximum atomic E-state index is 6.67. The second-order valence-corrected chi connectivity index (χ2v) is 7.91. The van der Waals surface area contributed by atoms with Crippen molar-refractivity contribution in [3.8, 4) is 0 Å². The van der Waals surface area contributed by atoms with Crippen molar-refractivity contribution in [2.45, 2.75) is 31.3 Å². The minimum atomic E-state index is -0.00107. The van der Waals surface area contributed by atoms with Crippen LogP contribution in [0.1, 0.15) is 47.2 Å². The van der Waals surface area contributed by atoms with Crippen molar-refractivity contribution in [1.82, 2.24) is 0 Å². The molecule has 138 valence electrons. The molecule has 0 saturated carbocycles. The summed E-state index contributed by atoms with van der Waals surface area (Å²) in [7, 11) is 2.15. The van der Waals surface area contributed by atoms with Crippen LogP contribution in [0.15, 0.2) is 72.8 Å². The third-order valence-corrected chi connectivity index (χ3v) is 6.14. The Hall–Kier alpha value is -2.29. The van der Waals surface area contributed by atoms with E-state index in [1.165, 1.54) is 27.9 Å². The van der Waals surface area contributed by atoms with E-state index in [-0.39, 0.29) is 12.0 Å². The zero-order valence-corrected chi connectivity index (χ0v) is 16.5. The van der Waals surface area contributed by atoms with E-state index in [1.54, 1.807) is 0 Å². The minimum Gasteiger partial charge on any atom is -0.368 e. The molecular formula is C24H25ClN2. The van der Waals surface area contributed by atoms with Gasteiger partial charge < -0.3 is 10.6 Å². The predicted molar refractivity (Wildman–Crippen MR) is 115 cm³/mol. The molecule has 3 atom stereocenters. The molecule has 1 aliphatic carbocycles. The van der Waals surface area contributed by atoms with Gasteiger partial charge in [-0.3, -0.25) is 0 Å². The molecule has 3 aromatic carbocycles. The Labute approximate surface area is 166 Å². The summed E-state index contributed by atoms with van der Waals surface area (Å²) in [5, 5.41) is 0.771. The van der Waals surface area contributed by atoms with E-state index in [4.69, 9.17) is 17.3 Å². The van der Waals surface area contributed by atoms with E-state index in [9.17, 15) is 0 Å². The molecule has 1 aliphatic rings. The number of anilines is 1. The molecule has 0 heterocycles. The summed E-state index contributed by atoms with van der Waals surface area (Å²) in [6.45, 7) is 2.23. The molecule has 0 fully saturated rings. The normalized spacial score (nSPS) is 19.6. The van der Waals surface area contributed by atoms with Crippen LogP contribution in [0, 0.1) is 0 Å². The Morgan fingerprint density at radius 3 is 2.52 bits per heavy atom. The zero-order valence-electron chi connectivity index (χ0n) is 15.8. The molecule has 2 unspecified atom stereocenters. The molecular weight excluding hydrogens is 352 g/mol. The number of benzene rings is 3. The first-order chi connectivity index (χ1) is 13.0. The monoisotopic (exact) mass is 376 g/mol. The van der Waals surface area contributed by atoms with Gasteiger partial charge in [0.15, 0.2) is 0 Å². The van der Waals surface area contributed by atoms with Gasteiger partial charge in [-0.1, -0.05) is 60.1 Å². The van der Waals surface area contributed by atoms with E-state index in [0.29, 0.717) is 6.04 Å². The average Bonchev–Trinajstić information content (AvgIpc) is 3.03. The Balaban J connectivity index is 1.60. The van der Waals surface area contributed by atoms with Gasteiger partial charge in [0.1, 0.15) is 0 Å². The van der Waals surface area contributed by atoms with Gasteiger partial charge in [0.2, 0.25) is 0 Å². The van der Waals surface area contributed by atoms with Crippen molar-refractivity contribution in [3.05, 3.63) is 100 Å². The predicted octanol–water partition coefficient (Wildman–Crippen LogP) is 5.88. The summed E-state index contributed by atoms with van der Waals surface area (Å²) in [5.41, 5.74) is 13.0. The lowest BCUT2D eigenvalue weighted by molar-refractivity contribution is 0.602. The summed E-state index contributed by atoms with van der Waals surface area (Å²) >= 11 is 6.19. The largest absolute Gasteiger partial charge is 0.368 e. The number of nitrogens with zero attached hydrogens (tertiary/aromatic N) is 1. The van der Waals surface area contributed by atoms with Crippen LogP contribution in [-0.2, 0) is 6.42 Å². The van der Waals surface area contributed by atoms with Crippen LogP contribution in [-0.4, -0.2) is 7.05 Å². The van der Waals surface area contributed by atoms with Gasteiger partial charge in [-0.2, -0.15) is 0 Å². The van der Waals surface area contributed by atoms with Gasteiger partial charge in [-0.05, 0) is 59.9 Å². The number of fused-ring (bicyclic) bond motifs is 1. The molecule has 0 radical (unpaired) electrons. The first-order valence-electron chi connectivity index (χ1n) is 9.46. The van der Waals surface area contributed by atoms with Crippen LogP contribution < -0.4 is 10.6 Å². The zero-order chi connectivity index (χ0) is 19.0. The molecule has 0 bridgehead atoms. The van der Waals surface area contributed by atoms with Gasteiger partial charge >= 0.3 is 0 Å². The summed E-state index contributed by atoms with van der Waals surface area (Å²) < 4.78 is 0. The van der Waals surface area contributed by atoms with E-state index >= 15 is 0 Å². The number of nitrogens with two attached hydrogens (primary N) is 1. The van der Waals surface area contributed by atoms with Crippen LogP contribution >= 0.6 is 11.6 Å². The molecule has 2 N–H and O–H groups in total. The third kappa shape index (κ3) is 3.47. The van der Waals surface area contributed by atoms with Crippen molar-refractivity contribution in [3.63, 3.8) is 0 Å². The van der Waals surface area contributed by atoms with Gasteiger partial charge in [0.25, 0.3) is 0 Å². The smallest absolute Gasteiger partial charge is 0.0511 e. The Bertz CT molecular complexity index is 938. The quantitative estimate of drug-likeness (QED) is 0.616. The molecule has 4 rings (SSSR count). The highest BCUT2D eigenvalue weighted by Crippen LogP contribution is 2.43. The summed E-state index contributed by atoms with van der Waals surface area (Å²) in [4.78, 5) is 2.31. The molecule has 3 heteroatoms. The van der Waals surface area contributed by atoms with Crippen molar-refractivity contribution in [2.24, 2.45) is 5.73 Å². The highest BCUT2D eigenvalue weighted by atomic mass is 35.5. The fourth-order valence-corrected chi connectivity index (χ4v) is 4.32. The number of hydrogen-bond acceptors (Lipinski definition) is 2. The number of hydrogen-bond donors (Lipinski definition) is 1. The summed E-state index contributed by atoms with van der Waals surface area (Å²) in [6, 6.07) is 25.7. The first kappa shape index (κ1) is 18.1. The van der Waals surface area contributed by atoms with E-state index in [2.05, 4.69) is 73.5 Å². The average molecular weight is 377 g/mol. The second-order valence-electron chi connectivity index (χ2n) is 7.47. The first-order valence-corrected chi connectivity index (χ1v) is 9.84. The minimum absolute atomic E-state index is 0.00107. The summed E-state index contributed by atoms with van der Waals surface area (Å²) in [5.74, 6) is 0.283. The maximum Gasteiger partial charge on any atom is 0.0511 e. The fourth-order valence-electron chi connectivity index (χ4n) is 4.12. The van der Waals surface area contributed by atoms with E-state index in [1.807, 2.05) is 18.2 Å². The third-order valence-electron chi connectivity index (χ3n) is 5.91. The van der Waals surface area contributed by atoms with Gasteiger partial charge in [0.05, 0.1) is 6.04 Å². The summed E-state index contributed by atoms with van der Waals surface area (Å²) in [6.07, 6.45) is 0.967. The fraction of sp³-hybridized carbons (Fsp3) is 0.250. The maximum absolute atomic E-state index is 6.67. The van der Waals surface area contributed by atoms with Crippen LogP contribution in [0.2, 0.25) is 5.02 Å². The molecule has 0 amide bonds. The van der Waals surface area contributed by atoms with Crippen LogP contribution in [0.3, 0.4) is 0 Å². The lowest BCUT2D eigenvalue weighted by atomic mass is 9.93. The number of rotatable bonds is 4. The van der Waals surface area contributed by atoms with Gasteiger partial charge in [0, 0.05) is 29.7 Å². The van der Waals surface area contributed by atoms with Crippen LogP contribution in [0.5, 0.6) is 0 Å². The van der Waals surface area contributed by atoms with Crippen molar-refractivity contribution >= 4 is 17.3 Å². The Kier molecular flexibility index (Phi) is 4.94. The van der Waals surface area contributed by atoms with Crippen molar-refractivity contribution in [2.75, 3.05) is 11.9 Å². The standard InChI is InChI=1S/C24H25ClN2/c1-16(17-7-4-3-5-8-17)27(2)21-12-11-19-14-22(24(26)23(19)15-21)18-9-6-10-20(25)13-18/h3-13,15-16,22,24H,14,26H2,1-2H3/t16-,22?,24?/m1/s1. The highest BCUT2D eigenvalue weighted by molar-refractivity contribution is 6.30. The van der Waals surface area contributed by atoms with Gasteiger partial charge in [-0.15, -0.1) is 0 Å². The topological polar surface area (TPSA) is 29.3 Å². The van der Waals surface area contributed by atoms with Crippen LogP contribution in [0.4, 0.5) is 5.69 Å². The van der Waals surface area contributed by atoms with Crippen molar-refractivity contribution < 1.29 is 0 Å².